The molecular formula is C19H22FNO3. The molecule has 0 spiro atoms. The molecule has 2 saturated heterocycles. The van der Waals surface area contributed by atoms with Gasteiger partial charge in [-0.25, -0.2) is 4.39 Å². The highest BCUT2D eigenvalue weighted by Gasteiger charge is 2.60. The zero-order chi connectivity index (χ0) is 17.3. The molecule has 0 saturated carbocycles. The topological polar surface area (TPSA) is 46.6 Å². The summed E-state index contributed by atoms with van der Waals surface area (Å²) in [5.41, 5.74) is -0.191. The van der Waals surface area contributed by atoms with Gasteiger partial charge in [0.1, 0.15) is 11.2 Å². The van der Waals surface area contributed by atoms with Crippen LogP contribution in [-0.4, -0.2) is 35.8 Å². The minimum atomic E-state index is -1.16. The molecule has 24 heavy (non-hydrogen) atoms. The molecule has 2 heterocycles. The summed E-state index contributed by atoms with van der Waals surface area (Å²) in [7, 11) is 1.33. The highest BCUT2D eigenvalue weighted by Crippen LogP contribution is 2.48. The van der Waals surface area contributed by atoms with Crippen molar-refractivity contribution < 1.29 is 18.7 Å². The molecule has 2 fully saturated rings. The number of halogens is 1. The molecule has 2 bridgehead atoms. The van der Waals surface area contributed by atoms with Crippen molar-refractivity contribution in [3.63, 3.8) is 0 Å². The zero-order valence-corrected chi connectivity index (χ0v) is 13.8. The highest BCUT2D eigenvalue weighted by molar-refractivity contribution is 6.06. The normalized spacial score (nSPS) is 29.5. The predicted molar refractivity (Wildman–Crippen MR) is 87.6 cm³/mol. The lowest BCUT2D eigenvalue weighted by Gasteiger charge is -2.45. The van der Waals surface area contributed by atoms with Crippen molar-refractivity contribution in [2.75, 3.05) is 7.11 Å². The van der Waals surface area contributed by atoms with Crippen LogP contribution in [0.5, 0.6) is 0 Å². The number of ether oxygens (including phenoxy) is 1. The summed E-state index contributed by atoms with van der Waals surface area (Å²) < 4.78 is 18.1. The third-order valence-electron chi connectivity index (χ3n) is 5.42. The van der Waals surface area contributed by atoms with Crippen molar-refractivity contribution >= 4 is 11.8 Å². The summed E-state index contributed by atoms with van der Waals surface area (Å²) in [5, 5.41) is 0. The first-order chi connectivity index (χ1) is 11.5. The Bertz CT molecular complexity index is 657. The van der Waals surface area contributed by atoms with Crippen molar-refractivity contribution in [3.05, 3.63) is 48.3 Å². The van der Waals surface area contributed by atoms with Gasteiger partial charge in [0.25, 0.3) is 0 Å². The van der Waals surface area contributed by atoms with Gasteiger partial charge in [0, 0.05) is 25.0 Å². The Morgan fingerprint density at radius 3 is 2.75 bits per heavy atom. The second-order valence-electron chi connectivity index (χ2n) is 6.63. The molecule has 0 aromatic heterocycles. The molecule has 3 rings (SSSR count). The maximum Gasteiger partial charge on any atom is 0.321 e. The number of carbonyl (C=O) groups excluding carboxylic acids is 2. The van der Waals surface area contributed by atoms with Gasteiger partial charge in [0.05, 0.1) is 7.11 Å². The first-order valence-corrected chi connectivity index (χ1v) is 8.25. The zero-order valence-electron chi connectivity index (χ0n) is 13.8. The van der Waals surface area contributed by atoms with Crippen LogP contribution in [0.25, 0.3) is 0 Å². The number of fused-ring (bicyclic) bond motifs is 2. The lowest BCUT2D eigenvalue weighted by Crippen LogP contribution is -2.60. The summed E-state index contributed by atoms with van der Waals surface area (Å²) in [6.07, 6.45) is 3.92. The van der Waals surface area contributed by atoms with E-state index in [0.717, 1.165) is 18.4 Å². The molecule has 1 aromatic rings. The Hall–Kier alpha value is -2.01. The number of hydrogen-bond acceptors (Lipinski definition) is 4. The molecule has 128 valence electrons. The molecule has 0 N–H and O–H groups in total. The number of Topliss-reactive ketones (excluding diaryl/α,β-unsaturated/α-hetero) is 1. The Balaban J connectivity index is 1.94. The fourth-order valence-corrected chi connectivity index (χ4v) is 4.30. The summed E-state index contributed by atoms with van der Waals surface area (Å²) in [6, 6.07) is 6.30. The summed E-state index contributed by atoms with van der Waals surface area (Å²) in [4.78, 5) is 27.6. The molecule has 2 aliphatic rings. The maximum absolute atomic E-state index is 13.1. The number of benzene rings is 1. The summed E-state index contributed by atoms with van der Waals surface area (Å²) >= 11 is 0. The quantitative estimate of drug-likeness (QED) is 0.473. The van der Waals surface area contributed by atoms with E-state index in [0.29, 0.717) is 13.0 Å². The Morgan fingerprint density at radius 2 is 2.12 bits per heavy atom. The van der Waals surface area contributed by atoms with Crippen LogP contribution in [0.3, 0.4) is 0 Å². The van der Waals surface area contributed by atoms with Gasteiger partial charge in [-0.1, -0.05) is 18.2 Å². The van der Waals surface area contributed by atoms with Crippen molar-refractivity contribution in [1.29, 1.82) is 0 Å². The van der Waals surface area contributed by atoms with Gasteiger partial charge in [-0.3, -0.25) is 14.5 Å². The summed E-state index contributed by atoms with van der Waals surface area (Å²) in [5.74, 6) is -0.787. The first-order valence-electron chi connectivity index (χ1n) is 8.25. The predicted octanol–water partition coefficient (Wildman–Crippen LogP) is 2.87. The lowest BCUT2D eigenvalue weighted by molar-refractivity contribution is -0.166. The van der Waals surface area contributed by atoms with E-state index in [1.54, 1.807) is 18.2 Å². The van der Waals surface area contributed by atoms with Crippen LogP contribution in [0.2, 0.25) is 0 Å². The van der Waals surface area contributed by atoms with E-state index in [-0.39, 0.29) is 30.1 Å². The van der Waals surface area contributed by atoms with Crippen LogP contribution in [0.15, 0.2) is 36.9 Å². The minimum Gasteiger partial charge on any atom is -0.468 e. The Labute approximate surface area is 141 Å². The first kappa shape index (κ1) is 16.8. The number of methoxy groups -OCH3 is 1. The van der Waals surface area contributed by atoms with Crippen LogP contribution in [-0.2, 0) is 20.9 Å². The number of piperidine rings is 1. The van der Waals surface area contributed by atoms with Crippen LogP contribution in [0.1, 0.15) is 31.2 Å². The third-order valence-corrected chi connectivity index (χ3v) is 5.42. The third kappa shape index (κ3) is 2.57. The number of hydrogen-bond donors (Lipinski definition) is 0. The number of ketones is 1. The van der Waals surface area contributed by atoms with Crippen molar-refractivity contribution in [3.8, 4) is 0 Å². The number of allylic oxidation sites excluding steroid dienone is 1. The van der Waals surface area contributed by atoms with Gasteiger partial charge in [0.15, 0.2) is 5.78 Å². The van der Waals surface area contributed by atoms with Crippen LogP contribution >= 0.6 is 0 Å². The molecule has 2 aliphatic heterocycles. The Morgan fingerprint density at radius 1 is 1.42 bits per heavy atom. The van der Waals surface area contributed by atoms with E-state index in [9.17, 15) is 14.0 Å². The maximum atomic E-state index is 13.1. The van der Waals surface area contributed by atoms with Crippen molar-refractivity contribution in [2.24, 2.45) is 5.41 Å². The fraction of sp³-hybridized carbons (Fsp3) is 0.474. The standard InChI is InChI=1S/C19H22FNO3/c1-3-10-19(18(23)24-2)16-9-8-15(11-17(19)22)21(16)12-13-4-6-14(20)7-5-13/h3-7,15-16H,1,8-12H2,2H3/t15-,16+,19-/m1/s1. The van der Waals surface area contributed by atoms with Gasteiger partial charge in [-0.2, -0.15) is 0 Å². The molecular weight excluding hydrogens is 309 g/mol. The van der Waals surface area contributed by atoms with Gasteiger partial charge < -0.3 is 4.74 Å². The van der Waals surface area contributed by atoms with E-state index in [4.69, 9.17) is 4.74 Å². The van der Waals surface area contributed by atoms with Gasteiger partial charge in [0.2, 0.25) is 0 Å². The number of rotatable bonds is 5. The average molecular weight is 331 g/mol. The number of esters is 1. The minimum absolute atomic E-state index is 0.0443. The fourth-order valence-electron chi connectivity index (χ4n) is 4.30. The monoisotopic (exact) mass is 331 g/mol. The molecule has 0 unspecified atom stereocenters. The van der Waals surface area contributed by atoms with E-state index in [1.807, 2.05) is 0 Å². The largest absolute Gasteiger partial charge is 0.468 e. The van der Waals surface area contributed by atoms with E-state index in [1.165, 1.54) is 19.2 Å². The molecule has 4 nitrogen and oxygen atoms in total. The SMILES string of the molecule is C=CC[C@]1(C(=O)OC)C(=O)C[C@H]2CC[C@@H]1N2Cc1ccc(F)cc1. The lowest BCUT2D eigenvalue weighted by atomic mass is 9.70. The van der Waals surface area contributed by atoms with Crippen LogP contribution in [0.4, 0.5) is 4.39 Å². The second kappa shape index (κ2) is 6.48. The highest BCUT2D eigenvalue weighted by atomic mass is 19.1. The van der Waals surface area contributed by atoms with E-state index >= 15 is 0 Å². The average Bonchev–Trinajstić information content (AvgIpc) is 2.89. The van der Waals surface area contributed by atoms with Crippen LogP contribution in [0, 0.1) is 11.2 Å². The molecule has 0 radical (unpaired) electrons. The number of carbonyl (C=O) groups is 2. The van der Waals surface area contributed by atoms with Gasteiger partial charge in [-0.15, -0.1) is 6.58 Å². The van der Waals surface area contributed by atoms with Crippen molar-refractivity contribution in [1.82, 2.24) is 4.90 Å². The van der Waals surface area contributed by atoms with Gasteiger partial charge in [-0.05, 0) is 37.0 Å². The Kier molecular flexibility index (Phi) is 4.54. The van der Waals surface area contributed by atoms with E-state index in [2.05, 4.69) is 11.5 Å². The smallest absolute Gasteiger partial charge is 0.321 e. The van der Waals surface area contributed by atoms with Crippen molar-refractivity contribution in [2.45, 2.75) is 44.3 Å². The molecule has 5 heteroatoms. The van der Waals surface area contributed by atoms with Gasteiger partial charge >= 0.3 is 5.97 Å². The van der Waals surface area contributed by atoms with Crippen LogP contribution < -0.4 is 0 Å². The number of nitrogens with zero attached hydrogens (tertiary/aromatic N) is 1. The molecule has 3 atom stereocenters. The van der Waals surface area contributed by atoms with E-state index < -0.39 is 11.4 Å². The molecule has 0 aliphatic carbocycles. The molecule has 1 aromatic carbocycles. The second-order valence-corrected chi connectivity index (χ2v) is 6.63. The molecule has 0 amide bonds. The summed E-state index contributed by atoms with van der Waals surface area (Å²) in [6.45, 7) is 4.33.